The van der Waals surface area contributed by atoms with Crippen LogP contribution in [-0.2, 0) is 12.6 Å². The van der Waals surface area contributed by atoms with Crippen LogP contribution in [0.1, 0.15) is 11.1 Å². The molecule has 0 radical (unpaired) electrons. The van der Waals surface area contributed by atoms with Crippen LogP contribution >= 0.6 is 20.6 Å². The van der Waals surface area contributed by atoms with Crippen molar-refractivity contribution in [2.75, 3.05) is 0 Å². The summed E-state index contributed by atoms with van der Waals surface area (Å²) in [7, 11) is -3.92. The minimum atomic E-state index is -3.92. The van der Waals surface area contributed by atoms with Crippen LogP contribution in [0.5, 0.6) is 0 Å². The van der Waals surface area contributed by atoms with Gasteiger partial charge >= 0.3 is 127 Å². The van der Waals surface area contributed by atoms with E-state index in [0.717, 1.165) is 11.1 Å². The molecule has 2 rings (SSSR count). The topological polar surface area (TPSA) is 63.6 Å². The predicted molar refractivity (Wildman–Crippen MR) is 85.6 cm³/mol. The molecule has 0 heterocycles. The Balaban J connectivity index is 2.24. The van der Waals surface area contributed by atoms with Crippen molar-refractivity contribution in [3.63, 3.8) is 0 Å². The van der Waals surface area contributed by atoms with Gasteiger partial charge in [0.2, 0.25) is 0 Å². The van der Waals surface area contributed by atoms with Gasteiger partial charge in [0.05, 0.1) is 0 Å². The molecule has 0 aliphatic carbocycles. The van der Waals surface area contributed by atoms with Crippen LogP contribution in [0.2, 0.25) is 0 Å². The number of hydrogen-bond donors (Lipinski definition) is 1. The third-order valence-electron chi connectivity index (χ3n) is 2.70. The van der Waals surface area contributed by atoms with E-state index in [-0.39, 0.29) is 4.90 Å². The Morgan fingerprint density at radius 1 is 1.00 bits per heavy atom. The fraction of sp³-hybridized carbons (Fsp3) is 0.143. The van der Waals surface area contributed by atoms with Gasteiger partial charge in [-0.25, -0.2) is 0 Å². The zero-order valence-corrected chi connectivity index (χ0v) is 14.1. The Bertz CT molecular complexity index is 695. The van der Waals surface area contributed by atoms with Crippen LogP contribution in [0.3, 0.4) is 0 Å². The van der Waals surface area contributed by atoms with Gasteiger partial charge in [0, 0.05) is 0 Å². The Labute approximate surface area is 127 Å². The second kappa shape index (κ2) is 6.21. The maximum atomic E-state index is 12.1. The molecular formula is C14H15IO4S. The molecule has 0 aliphatic rings. The molecule has 0 unspecified atom stereocenters. The third-order valence-corrected chi connectivity index (χ3v) is 8.48. The summed E-state index contributed by atoms with van der Waals surface area (Å²) in [5.74, 6) is 0. The molecule has 0 saturated carbocycles. The molecule has 6 heteroatoms. The van der Waals surface area contributed by atoms with Crippen LogP contribution in [-0.4, -0.2) is 11.9 Å². The summed E-state index contributed by atoms with van der Waals surface area (Å²) >= 11 is -3.18. The van der Waals surface area contributed by atoms with E-state index in [2.05, 4.69) is 0 Å². The van der Waals surface area contributed by atoms with E-state index in [9.17, 15) is 11.9 Å². The van der Waals surface area contributed by atoms with Crippen LogP contribution < -0.4 is 0 Å². The molecule has 0 amide bonds. The first-order valence-electron chi connectivity index (χ1n) is 5.87. The van der Waals surface area contributed by atoms with Crippen molar-refractivity contribution in [3.05, 3.63) is 63.2 Å². The zero-order chi connectivity index (χ0) is 14.8. The van der Waals surface area contributed by atoms with Crippen molar-refractivity contribution < 1.29 is 14.4 Å². The van der Waals surface area contributed by atoms with Crippen LogP contribution in [0.15, 0.2) is 53.4 Å². The van der Waals surface area contributed by atoms with Crippen molar-refractivity contribution in [2.24, 2.45) is 0 Å². The van der Waals surface area contributed by atoms with Gasteiger partial charge in [-0.2, -0.15) is 0 Å². The average Bonchev–Trinajstić information content (AvgIpc) is 2.39. The van der Waals surface area contributed by atoms with Gasteiger partial charge in [-0.3, -0.25) is 0 Å². The molecule has 0 spiro atoms. The van der Waals surface area contributed by atoms with Gasteiger partial charge in [-0.05, 0) is 0 Å². The second-order valence-corrected chi connectivity index (χ2v) is 9.37. The monoisotopic (exact) mass is 406 g/mol. The van der Waals surface area contributed by atoms with E-state index in [0.29, 0.717) is 3.57 Å². The summed E-state index contributed by atoms with van der Waals surface area (Å²) in [6.07, 6.45) is 0. The fourth-order valence-corrected chi connectivity index (χ4v) is 6.33. The standard InChI is InChI=1S/C14H15IO4S/c1-11-7-9-13(10-8-11)20(17,18)19-15(16)14-6-4-3-5-12(14)2/h3-10,16H,1-2H3. The van der Waals surface area contributed by atoms with Crippen LogP contribution in [0.25, 0.3) is 0 Å². The molecule has 0 aliphatic heterocycles. The van der Waals surface area contributed by atoms with Crippen molar-refractivity contribution in [1.29, 1.82) is 0 Å². The van der Waals surface area contributed by atoms with E-state index >= 15 is 0 Å². The van der Waals surface area contributed by atoms with E-state index in [1.54, 1.807) is 24.3 Å². The number of aryl methyl sites for hydroxylation is 2. The Morgan fingerprint density at radius 2 is 1.60 bits per heavy atom. The molecule has 0 fully saturated rings. The molecule has 108 valence electrons. The third kappa shape index (κ3) is 3.57. The number of benzene rings is 2. The molecule has 2 aromatic carbocycles. The van der Waals surface area contributed by atoms with Crippen LogP contribution in [0.4, 0.5) is 0 Å². The number of rotatable bonds is 4. The number of halogens is 1. The zero-order valence-electron chi connectivity index (χ0n) is 11.1. The summed E-state index contributed by atoms with van der Waals surface area (Å²) in [5, 5.41) is 0. The SMILES string of the molecule is Cc1ccc(S(=O)(=O)OI(O)c2ccccc2C)cc1. The number of hydrogen-bond acceptors (Lipinski definition) is 4. The average molecular weight is 406 g/mol. The van der Waals surface area contributed by atoms with Crippen molar-refractivity contribution >= 4 is 30.8 Å². The first-order chi connectivity index (χ1) is 9.40. The quantitative estimate of drug-likeness (QED) is 0.793. The Morgan fingerprint density at radius 3 is 2.20 bits per heavy atom. The predicted octanol–water partition coefficient (Wildman–Crippen LogP) is 3.21. The molecule has 2 aromatic rings. The summed E-state index contributed by atoms with van der Waals surface area (Å²) < 4.78 is 39.9. The van der Waals surface area contributed by atoms with Crippen LogP contribution in [0, 0.1) is 17.4 Å². The Hall–Kier alpha value is -0.960. The summed E-state index contributed by atoms with van der Waals surface area (Å²) in [5.41, 5.74) is 1.79. The molecular weight excluding hydrogens is 391 g/mol. The van der Waals surface area contributed by atoms with E-state index in [1.165, 1.54) is 12.1 Å². The molecule has 4 nitrogen and oxygen atoms in total. The van der Waals surface area contributed by atoms with Gasteiger partial charge in [0.15, 0.2) is 0 Å². The summed E-state index contributed by atoms with van der Waals surface area (Å²) in [6, 6.07) is 13.4. The van der Waals surface area contributed by atoms with Gasteiger partial charge < -0.3 is 0 Å². The molecule has 0 aromatic heterocycles. The molecule has 20 heavy (non-hydrogen) atoms. The van der Waals surface area contributed by atoms with E-state index < -0.39 is 30.8 Å². The summed E-state index contributed by atoms with van der Waals surface area (Å²) in [6.45, 7) is 3.69. The first-order valence-corrected chi connectivity index (χ1v) is 10.2. The van der Waals surface area contributed by atoms with Crippen molar-refractivity contribution in [3.8, 4) is 0 Å². The maximum absolute atomic E-state index is 12.1. The minimum absolute atomic E-state index is 0.0630. The fourth-order valence-electron chi connectivity index (χ4n) is 1.59. The van der Waals surface area contributed by atoms with Crippen molar-refractivity contribution in [2.45, 2.75) is 18.7 Å². The van der Waals surface area contributed by atoms with E-state index in [1.807, 2.05) is 26.0 Å². The normalized spacial score (nSPS) is 12.2. The molecule has 0 atom stereocenters. The second-order valence-electron chi connectivity index (χ2n) is 4.31. The first kappa shape index (κ1) is 15.4. The van der Waals surface area contributed by atoms with Gasteiger partial charge in [-0.1, -0.05) is 0 Å². The van der Waals surface area contributed by atoms with Gasteiger partial charge in [0.25, 0.3) is 0 Å². The molecule has 0 saturated heterocycles. The molecule has 0 bridgehead atoms. The van der Waals surface area contributed by atoms with Crippen molar-refractivity contribution in [1.82, 2.24) is 0 Å². The Kier molecular flexibility index (Phi) is 4.79. The van der Waals surface area contributed by atoms with E-state index in [4.69, 9.17) is 2.51 Å². The van der Waals surface area contributed by atoms with Gasteiger partial charge in [-0.15, -0.1) is 0 Å². The molecule has 1 N–H and O–H groups in total. The summed E-state index contributed by atoms with van der Waals surface area (Å²) in [4.78, 5) is 0.0630. The van der Waals surface area contributed by atoms with Gasteiger partial charge in [0.1, 0.15) is 0 Å².